The number of nitrogens with one attached hydrogen (secondary N) is 1. The monoisotopic (exact) mass is 465 g/mol. The van der Waals surface area contributed by atoms with Crippen molar-refractivity contribution in [2.24, 2.45) is 0 Å². The van der Waals surface area contributed by atoms with Crippen LogP contribution in [0.2, 0.25) is 5.02 Å². The van der Waals surface area contributed by atoms with E-state index in [4.69, 9.17) is 16.3 Å². The van der Waals surface area contributed by atoms with Crippen LogP contribution in [0.5, 0.6) is 0 Å². The molecule has 0 spiro atoms. The highest BCUT2D eigenvalue weighted by Gasteiger charge is 2.48. The topological polar surface area (TPSA) is 88.6 Å². The lowest BCUT2D eigenvalue weighted by atomic mass is 10.1. The van der Waals surface area contributed by atoms with Gasteiger partial charge in [-0.3, -0.25) is 4.79 Å². The number of esters is 1. The number of carbonyl (C=O) groups is 3. The number of nitrogens with zero attached hydrogens (tertiary/aromatic N) is 2. The van der Waals surface area contributed by atoms with E-state index in [2.05, 4.69) is 4.98 Å². The Labute approximate surface area is 175 Å². The average Bonchev–Trinajstić information content (AvgIpc) is 3.06. The van der Waals surface area contributed by atoms with Crippen LogP contribution in [0, 0.1) is 5.82 Å². The molecule has 0 aliphatic carbocycles. The number of thiazole rings is 1. The van der Waals surface area contributed by atoms with Gasteiger partial charge in [0.25, 0.3) is 0 Å². The first-order valence-electron chi connectivity index (χ1n) is 8.36. The van der Waals surface area contributed by atoms with Crippen molar-refractivity contribution in [3.63, 3.8) is 0 Å². The van der Waals surface area contributed by atoms with Crippen molar-refractivity contribution in [2.45, 2.75) is 25.6 Å². The summed E-state index contributed by atoms with van der Waals surface area (Å²) in [7, 11) is 0. The Kier molecular flexibility index (Phi) is 5.99. The van der Waals surface area contributed by atoms with E-state index in [1.807, 2.05) is 0 Å². The molecule has 2 heterocycles. The minimum absolute atomic E-state index is 0.0140. The molecule has 1 aliphatic rings. The van der Waals surface area contributed by atoms with E-state index < -0.39 is 48.1 Å². The van der Waals surface area contributed by atoms with Crippen molar-refractivity contribution in [2.75, 3.05) is 11.5 Å². The number of rotatable bonds is 4. The normalized spacial score (nSPS) is 17.7. The Bertz CT molecular complexity index is 1050. The molecule has 0 saturated carbocycles. The molecule has 1 aromatic heterocycles. The predicted molar refractivity (Wildman–Crippen MR) is 101 cm³/mol. The number of aromatic nitrogens is 1. The third-order valence-corrected chi connectivity index (χ3v) is 5.28. The quantitative estimate of drug-likeness (QED) is 0.418. The third-order valence-electron chi connectivity index (χ3n) is 3.96. The van der Waals surface area contributed by atoms with E-state index in [0.717, 1.165) is 23.5 Å². The molecule has 160 valence electrons. The fourth-order valence-corrected chi connectivity index (χ4v) is 4.00. The molecule has 1 atom stereocenters. The number of halogens is 5. The third kappa shape index (κ3) is 4.24. The number of amides is 3. The first-order chi connectivity index (χ1) is 14.0. The standard InChI is InChI=1S/C17H12ClF4N3O4S/c1-2-29-12(27)4-3-10-24-13-7(18)5-8(19)14(15(13)30-10)25-11(26)6-9(17(20,21)22)23-16(25)28/h3-5,9H,2,6H2,1H3,(H,23,28). The van der Waals surface area contributed by atoms with Gasteiger partial charge in [-0.15, -0.1) is 11.3 Å². The zero-order valence-corrected chi connectivity index (χ0v) is 16.6. The molecule has 3 amide bonds. The van der Waals surface area contributed by atoms with E-state index in [0.29, 0.717) is 4.90 Å². The molecule has 1 fully saturated rings. The number of benzene rings is 1. The molecule has 3 rings (SSSR count). The van der Waals surface area contributed by atoms with Gasteiger partial charge in [-0.25, -0.2) is 23.9 Å². The zero-order valence-electron chi connectivity index (χ0n) is 15.0. The summed E-state index contributed by atoms with van der Waals surface area (Å²) < 4.78 is 58.0. The van der Waals surface area contributed by atoms with Gasteiger partial charge < -0.3 is 10.1 Å². The Balaban J connectivity index is 2.05. The number of anilines is 1. The summed E-state index contributed by atoms with van der Waals surface area (Å²) in [6.07, 6.45) is -3.59. The van der Waals surface area contributed by atoms with Crippen LogP contribution in [0.15, 0.2) is 12.1 Å². The second kappa shape index (κ2) is 8.19. The van der Waals surface area contributed by atoms with Gasteiger partial charge in [0.05, 0.1) is 22.8 Å². The molecule has 7 nitrogen and oxygen atoms in total. The highest BCUT2D eigenvalue weighted by molar-refractivity contribution is 7.20. The molecule has 0 bridgehead atoms. The van der Waals surface area contributed by atoms with Crippen LogP contribution in [0.4, 0.5) is 28.0 Å². The van der Waals surface area contributed by atoms with Crippen molar-refractivity contribution in [3.8, 4) is 0 Å². The fraction of sp³-hybridized carbons (Fsp3) is 0.294. The maximum atomic E-state index is 14.7. The van der Waals surface area contributed by atoms with Crippen molar-refractivity contribution >= 4 is 62.8 Å². The van der Waals surface area contributed by atoms with Crippen LogP contribution in [0.1, 0.15) is 18.4 Å². The summed E-state index contributed by atoms with van der Waals surface area (Å²) in [6, 6.07) is -2.99. The molecular formula is C17H12ClF4N3O4S. The van der Waals surface area contributed by atoms with Crippen LogP contribution >= 0.6 is 22.9 Å². The van der Waals surface area contributed by atoms with Crippen molar-refractivity contribution < 1.29 is 36.7 Å². The molecule has 1 saturated heterocycles. The summed E-state index contributed by atoms with van der Waals surface area (Å²) >= 11 is 6.78. The summed E-state index contributed by atoms with van der Waals surface area (Å²) in [5.41, 5.74) is -0.550. The van der Waals surface area contributed by atoms with Gasteiger partial charge >= 0.3 is 18.2 Å². The first-order valence-corrected chi connectivity index (χ1v) is 9.56. The first kappa shape index (κ1) is 22.0. The minimum atomic E-state index is -4.83. The van der Waals surface area contributed by atoms with E-state index >= 15 is 0 Å². The second-order valence-corrected chi connectivity index (χ2v) is 7.42. The summed E-state index contributed by atoms with van der Waals surface area (Å²) in [6.45, 7) is 1.76. The van der Waals surface area contributed by atoms with E-state index in [9.17, 15) is 31.9 Å². The second-order valence-electron chi connectivity index (χ2n) is 5.98. The van der Waals surface area contributed by atoms with E-state index in [1.54, 1.807) is 12.2 Å². The Hall–Kier alpha value is -2.73. The Morgan fingerprint density at radius 2 is 2.17 bits per heavy atom. The van der Waals surface area contributed by atoms with Gasteiger partial charge in [-0.05, 0) is 19.1 Å². The van der Waals surface area contributed by atoms with Gasteiger partial charge in [-0.1, -0.05) is 11.6 Å². The average molecular weight is 466 g/mol. The van der Waals surface area contributed by atoms with E-state index in [-0.39, 0.29) is 26.9 Å². The molecule has 2 aromatic rings. The summed E-state index contributed by atoms with van der Waals surface area (Å²) in [5, 5.41) is 1.68. The molecule has 1 aliphatic heterocycles. The number of urea groups is 1. The van der Waals surface area contributed by atoms with Crippen molar-refractivity contribution in [3.05, 3.63) is 28.0 Å². The van der Waals surface area contributed by atoms with Crippen LogP contribution in [0.3, 0.4) is 0 Å². The molecule has 0 radical (unpaired) electrons. The molecule has 30 heavy (non-hydrogen) atoms. The Morgan fingerprint density at radius 1 is 1.47 bits per heavy atom. The van der Waals surface area contributed by atoms with Gasteiger partial charge in [0.15, 0.2) is 5.82 Å². The van der Waals surface area contributed by atoms with Gasteiger partial charge in [0.1, 0.15) is 22.3 Å². The highest BCUT2D eigenvalue weighted by Crippen LogP contribution is 2.40. The van der Waals surface area contributed by atoms with Gasteiger partial charge in [0.2, 0.25) is 5.91 Å². The largest absolute Gasteiger partial charge is 0.463 e. The lowest BCUT2D eigenvalue weighted by Crippen LogP contribution is -2.59. The number of imide groups is 1. The number of carbonyl (C=O) groups excluding carboxylic acids is 3. The maximum absolute atomic E-state index is 14.7. The van der Waals surface area contributed by atoms with Gasteiger partial charge in [0, 0.05) is 6.08 Å². The van der Waals surface area contributed by atoms with Crippen molar-refractivity contribution in [1.82, 2.24) is 10.3 Å². The fourth-order valence-electron chi connectivity index (χ4n) is 2.69. The highest BCUT2D eigenvalue weighted by atomic mass is 35.5. The number of ether oxygens (including phenoxy) is 1. The minimum Gasteiger partial charge on any atom is -0.463 e. The molecule has 1 unspecified atom stereocenters. The SMILES string of the molecule is CCOC(=O)C=Cc1nc2c(Cl)cc(F)c(N3C(=O)CC(C(F)(F)F)NC3=O)c2s1. The maximum Gasteiger partial charge on any atom is 0.409 e. The lowest BCUT2D eigenvalue weighted by Gasteiger charge is -2.32. The van der Waals surface area contributed by atoms with Crippen LogP contribution < -0.4 is 10.2 Å². The smallest absolute Gasteiger partial charge is 0.409 e. The van der Waals surface area contributed by atoms with E-state index in [1.165, 1.54) is 6.08 Å². The molecule has 1 N–H and O–H groups in total. The number of alkyl halides is 3. The van der Waals surface area contributed by atoms with Crippen LogP contribution in [0.25, 0.3) is 16.3 Å². The predicted octanol–water partition coefficient (Wildman–Crippen LogP) is 4.04. The molecule has 1 aromatic carbocycles. The van der Waals surface area contributed by atoms with Crippen LogP contribution in [-0.2, 0) is 14.3 Å². The summed E-state index contributed by atoms with van der Waals surface area (Å²) in [5.74, 6) is -2.98. The number of hydrogen-bond acceptors (Lipinski definition) is 6. The molecule has 13 heteroatoms. The van der Waals surface area contributed by atoms with Gasteiger partial charge in [-0.2, -0.15) is 13.2 Å². The van der Waals surface area contributed by atoms with Crippen molar-refractivity contribution in [1.29, 1.82) is 0 Å². The zero-order chi connectivity index (χ0) is 22.2. The lowest BCUT2D eigenvalue weighted by molar-refractivity contribution is -0.160. The number of hydrogen-bond donors (Lipinski definition) is 1. The number of fused-ring (bicyclic) bond motifs is 1. The molecular weight excluding hydrogens is 454 g/mol. The summed E-state index contributed by atoms with van der Waals surface area (Å²) in [4.78, 5) is 40.4. The Morgan fingerprint density at radius 3 is 2.77 bits per heavy atom. The van der Waals surface area contributed by atoms with Crippen LogP contribution in [-0.4, -0.2) is 41.7 Å².